The lowest BCUT2D eigenvalue weighted by atomic mass is 9.87. The lowest BCUT2D eigenvalue weighted by Gasteiger charge is -2.33. The van der Waals surface area contributed by atoms with Crippen LogP contribution in [0.15, 0.2) is 18.3 Å². The van der Waals surface area contributed by atoms with Gasteiger partial charge in [-0.1, -0.05) is 0 Å². The number of nitrogens with two attached hydrogens (primary N) is 1. The minimum atomic E-state index is -0.172. The summed E-state index contributed by atoms with van der Waals surface area (Å²) in [5, 5.41) is 5.88. The molecule has 0 bridgehead atoms. The molecule has 2 rings (SSSR count). The monoisotopic (exact) mass is 220 g/mol. The Morgan fingerprint density at radius 3 is 2.94 bits per heavy atom. The van der Waals surface area contributed by atoms with Gasteiger partial charge < -0.3 is 16.4 Å². The zero-order valence-electron chi connectivity index (χ0n) is 9.23. The van der Waals surface area contributed by atoms with Gasteiger partial charge in [0.05, 0.1) is 0 Å². The van der Waals surface area contributed by atoms with Crippen molar-refractivity contribution in [2.24, 2.45) is 5.73 Å². The Kier molecular flexibility index (Phi) is 3.05. The van der Waals surface area contributed by atoms with Gasteiger partial charge in [-0.2, -0.15) is 0 Å². The van der Waals surface area contributed by atoms with Crippen molar-refractivity contribution >= 4 is 11.6 Å². The van der Waals surface area contributed by atoms with Crippen LogP contribution in [0.1, 0.15) is 23.3 Å². The molecule has 5 nitrogen and oxygen atoms in total. The van der Waals surface area contributed by atoms with E-state index in [0.717, 1.165) is 18.5 Å². The molecule has 1 aliphatic carbocycles. The van der Waals surface area contributed by atoms with E-state index in [9.17, 15) is 4.79 Å². The number of pyridine rings is 1. The van der Waals surface area contributed by atoms with Crippen LogP contribution >= 0.6 is 0 Å². The molecule has 0 unspecified atom stereocenters. The third-order valence-electron chi connectivity index (χ3n) is 2.76. The quantitative estimate of drug-likeness (QED) is 0.686. The first-order chi connectivity index (χ1) is 7.69. The molecule has 1 aromatic heterocycles. The molecule has 0 spiro atoms. The number of nitrogens with zero attached hydrogens (tertiary/aromatic N) is 1. The fraction of sp³-hybridized carbons (Fsp3) is 0.455. The zero-order valence-corrected chi connectivity index (χ0v) is 9.23. The molecule has 0 atom stereocenters. The van der Waals surface area contributed by atoms with E-state index < -0.39 is 0 Å². The third kappa shape index (κ3) is 2.30. The summed E-state index contributed by atoms with van der Waals surface area (Å²) < 4.78 is 0. The summed E-state index contributed by atoms with van der Waals surface area (Å²) in [7, 11) is 1.59. The summed E-state index contributed by atoms with van der Waals surface area (Å²) in [4.78, 5) is 15.4. The highest BCUT2D eigenvalue weighted by molar-refractivity contribution is 5.92. The van der Waals surface area contributed by atoms with E-state index in [1.807, 2.05) is 6.07 Å². The predicted molar refractivity (Wildman–Crippen MR) is 62.2 cm³/mol. The van der Waals surface area contributed by atoms with Crippen molar-refractivity contribution in [3.63, 3.8) is 0 Å². The second-order valence-corrected chi connectivity index (χ2v) is 4.08. The van der Waals surface area contributed by atoms with Gasteiger partial charge in [0.1, 0.15) is 5.69 Å². The summed E-state index contributed by atoms with van der Waals surface area (Å²) in [5.74, 6) is -0.172. The predicted octanol–water partition coefficient (Wildman–Crippen LogP) is 0.343. The second-order valence-electron chi connectivity index (χ2n) is 4.08. The molecule has 0 saturated heterocycles. The molecule has 1 amide bonds. The van der Waals surface area contributed by atoms with Crippen LogP contribution < -0.4 is 16.4 Å². The zero-order chi connectivity index (χ0) is 11.5. The van der Waals surface area contributed by atoms with Gasteiger partial charge in [-0.05, 0) is 25.0 Å². The number of anilines is 1. The van der Waals surface area contributed by atoms with Crippen molar-refractivity contribution in [1.29, 1.82) is 0 Å². The van der Waals surface area contributed by atoms with E-state index in [4.69, 9.17) is 5.73 Å². The molecular weight excluding hydrogens is 204 g/mol. The Bertz CT molecular complexity index is 387. The van der Waals surface area contributed by atoms with E-state index in [2.05, 4.69) is 15.6 Å². The van der Waals surface area contributed by atoms with Gasteiger partial charge in [0, 0.05) is 31.0 Å². The third-order valence-corrected chi connectivity index (χ3v) is 2.76. The van der Waals surface area contributed by atoms with Gasteiger partial charge in [-0.15, -0.1) is 0 Å². The highest BCUT2D eigenvalue weighted by Gasteiger charge is 2.25. The minimum absolute atomic E-state index is 0.172. The van der Waals surface area contributed by atoms with Gasteiger partial charge in [0.15, 0.2) is 0 Å². The Labute approximate surface area is 94.4 Å². The average molecular weight is 220 g/mol. The first-order valence-electron chi connectivity index (χ1n) is 5.39. The van der Waals surface area contributed by atoms with Crippen molar-refractivity contribution in [2.75, 3.05) is 12.4 Å². The SMILES string of the molecule is CNC(=O)c1cc(NC2CC(N)C2)ccn1. The number of nitrogens with one attached hydrogen (secondary N) is 2. The van der Waals surface area contributed by atoms with Gasteiger partial charge >= 0.3 is 0 Å². The van der Waals surface area contributed by atoms with Gasteiger partial charge in [-0.3, -0.25) is 9.78 Å². The smallest absolute Gasteiger partial charge is 0.269 e. The number of hydrogen-bond donors (Lipinski definition) is 3. The molecule has 1 aliphatic rings. The Hall–Kier alpha value is -1.62. The van der Waals surface area contributed by atoms with Crippen LogP contribution in [0.2, 0.25) is 0 Å². The van der Waals surface area contributed by atoms with Crippen LogP contribution in [0.5, 0.6) is 0 Å². The summed E-state index contributed by atoms with van der Waals surface area (Å²) in [5.41, 5.74) is 7.05. The van der Waals surface area contributed by atoms with Gasteiger partial charge in [-0.25, -0.2) is 0 Å². The number of aromatic nitrogens is 1. The maximum Gasteiger partial charge on any atom is 0.269 e. The molecule has 0 aliphatic heterocycles. The lowest BCUT2D eigenvalue weighted by Crippen LogP contribution is -2.44. The molecule has 86 valence electrons. The number of amides is 1. The number of rotatable bonds is 3. The maximum absolute atomic E-state index is 11.4. The fourth-order valence-corrected chi connectivity index (χ4v) is 1.79. The molecule has 5 heteroatoms. The molecule has 1 heterocycles. The molecule has 0 aromatic carbocycles. The molecule has 16 heavy (non-hydrogen) atoms. The van der Waals surface area contributed by atoms with Crippen molar-refractivity contribution in [3.8, 4) is 0 Å². The van der Waals surface area contributed by atoms with Crippen LogP contribution in [0.4, 0.5) is 5.69 Å². The minimum Gasteiger partial charge on any atom is -0.382 e. The lowest BCUT2D eigenvalue weighted by molar-refractivity contribution is 0.0958. The van der Waals surface area contributed by atoms with Crippen LogP contribution in [0.25, 0.3) is 0 Å². The molecule has 4 N–H and O–H groups in total. The first-order valence-corrected chi connectivity index (χ1v) is 5.39. The first kappa shape index (κ1) is 10.9. The molecular formula is C11H16N4O. The van der Waals surface area contributed by atoms with Crippen molar-refractivity contribution < 1.29 is 4.79 Å². The van der Waals surface area contributed by atoms with E-state index in [0.29, 0.717) is 17.8 Å². The van der Waals surface area contributed by atoms with E-state index >= 15 is 0 Å². The summed E-state index contributed by atoms with van der Waals surface area (Å²) in [6.07, 6.45) is 3.60. The van der Waals surface area contributed by atoms with Crippen molar-refractivity contribution in [1.82, 2.24) is 10.3 Å². The van der Waals surface area contributed by atoms with Crippen LogP contribution in [-0.2, 0) is 0 Å². The van der Waals surface area contributed by atoms with Gasteiger partial charge in [0.2, 0.25) is 0 Å². The summed E-state index contributed by atoms with van der Waals surface area (Å²) >= 11 is 0. The molecule has 1 saturated carbocycles. The van der Waals surface area contributed by atoms with Crippen molar-refractivity contribution in [2.45, 2.75) is 24.9 Å². The van der Waals surface area contributed by atoms with E-state index in [1.165, 1.54) is 0 Å². The number of carbonyl (C=O) groups excluding carboxylic acids is 1. The topological polar surface area (TPSA) is 80.0 Å². The van der Waals surface area contributed by atoms with Crippen LogP contribution in [-0.4, -0.2) is 30.0 Å². The molecule has 1 aromatic rings. The van der Waals surface area contributed by atoms with Crippen LogP contribution in [0, 0.1) is 0 Å². The van der Waals surface area contributed by atoms with E-state index in [1.54, 1.807) is 19.3 Å². The number of carbonyl (C=O) groups is 1. The fourth-order valence-electron chi connectivity index (χ4n) is 1.79. The Morgan fingerprint density at radius 2 is 2.31 bits per heavy atom. The Balaban J connectivity index is 2.02. The molecule has 0 radical (unpaired) electrons. The maximum atomic E-state index is 11.4. The Morgan fingerprint density at radius 1 is 1.56 bits per heavy atom. The van der Waals surface area contributed by atoms with Gasteiger partial charge in [0.25, 0.3) is 5.91 Å². The standard InChI is InChI=1S/C11H16N4O/c1-13-11(16)10-6-8(2-3-14-10)15-9-4-7(12)5-9/h2-3,6-7,9H,4-5,12H2,1H3,(H,13,16)(H,14,15). The second kappa shape index (κ2) is 4.49. The normalized spacial score (nSPS) is 23.4. The van der Waals surface area contributed by atoms with Crippen LogP contribution in [0.3, 0.4) is 0 Å². The highest BCUT2D eigenvalue weighted by Crippen LogP contribution is 2.22. The number of hydrogen-bond acceptors (Lipinski definition) is 4. The van der Waals surface area contributed by atoms with E-state index in [-0.39, 0.29) is 5.91 Å². The van der Waals surface area contributed by atoms with Crippen molar-refractivity contribution in [3.05, 3.63) is 24.0 Å². The molecule has 1 fully saturated rings. The average Bonchev–Trinajstić information content (AvgIpc) is 2.26. The summed E-state index contributed by atoms with van der Waals surface area (Å²) in [6, 6.07) is 4.35. The summed E-state index contributed by atoms with van der Waals surface area (Å²) in [6.45, 7) is 0. The largest absolute Gasteiger partial charge is 0.382 e. The highest BCUT2D eigenvalue weighted by atomic mass is 16.1.